The number of aromatic hydroxyl groups is 1. The summed E-state index contributed by atoms with van der Waals surface area (Å²) >= 11 is 0. The molecule has 3 aliphatic rings. The molecule has 0 spiro atoms. The molecule has 2 unspecified atom stereocenters. The average Bonchev–Trinajstić information content (AvgIpc) is 2.89. The van der Waals surface area contributed by atoms with Crippen molar-refractivity contribution in [3.05, 3.63) is 34.1 Å². The molecule has 1 saturated carbocycles. The number of rotatable bonds is 8. The number of anilines is 2. The van der Waals surface area contributed by atoms with Gasteiger partial charge in [0.25, 0.3) is 5.91 Å². The number of carbonyl (C=O) groups excluding carboxylic acids is 3. The van der Waals surface area contributed by atoms with Crippen molar-refractivity contribution in [3.8, 4) is 5.75 Å². The van der Waals surface area contributed by atoms with Crippen LogP contribution in [0.1, 0.15) is 51.2 Å². The van der Waals surface area contributed by atoms with Crippen molar-refractivity contribution in [2.45, 2.75) is 58.1 Å². The first kappa shape index (κ1) is 35.8. The summed E-state index contributed by atoms with van der Waals surface area (Å²) in [6.45, 7) is 7.69. The number of primary amides is 1. The standard InChI is InChI=1S/C29H40N4O7.H2O4S/c1-6-7-8-33(12-13(2)3)18-11-17(30)23(34)20-15(18)9-14-10-16-22(32(4)5)25(36)21(28(31)39)27(38)29(16,40)26(37)19(14)24(20)35;1-5(2,3)4/h11,13-14,16,22,34-35,38,40H,6-10,12,30H2,1-5H3,(H2,31,39);(H2,1,2,3,4)/t14?,16?,22-,29-;/m0./s1. The number of amides is 1. The molecule has 1 aromatic carbocycles. The van der Waals surface area contributed by atoms with Crippen molar-refractivity contribution in [2.75, 3.05) is 37.8 Å². The molecule has 4 atom stereocenters. The Hall–Kier alpha value is -3.70. The smallest absolute Gasteiger partial charge is 0.394 e. The van der Waals surface area contributed by atoms with Gasteiger partial charge < -0.3 is 36.8 Å². The molecule has 1 aromatic rings. The summed E-state index contributed by atoms with van der Waals surface area (Å²) in [5.41, 5.74) is 9.27. The summed E-state index contributed by atoms with van der Waals surface area (Å²) in [5, 5.41) is 45.3. The van der Waals surface area contributed by atoms with E-state index in [-0.39, 0.29) is 35.4 Å². The van der Waals surface area contributed by atoms with Crippen molar-refractivity contribution < 1.29 is 52.3 Å². The van der Waals surface area contributed by atoms with Gasteiger partial charge in [-0.15, -0.1) is 0 Å². The summed E-state index contributed by atoms with van der Waals surface area (Å²) in [6.07, 6.45) is 2.13. The zero-order chi connectivity index (χ0) is 34.3. The van der Waals surface area contributed by atoms with E-state index in [1.165, 1.54) is 4.90 Å². The zero-order valence-electron chi connectivity index (χ0n) is 25.8. The molecular weight excluding hydrogens is 612 g/mol. The summed E-state index contributed by atoms with van der Waals surface area (Å²) in [7, 11) is -1.52. The van der Waals surface area contributed by atoms with Gasteiger partial charge in [-0.3, -0.25) is 28.4 Å². The molecular formula is C29H42N4O11S. The van der Waals surface area contributed by atoms with E-state index in [0.29, 0.717) is 18.0 Å². The Morgan fingerprint density at radius 3 is 2.22 bits per heavy atom. The maximum Gasteiger partial charge on any atom is 0.394 e. The fourth-order valence-corrected chi connectivity index (χ4v) is 6.69. The number of likely N-dealkylation sites (N-methyl/N-ethyl adjacent to an activating group) is 1. The average molecular weight is 655 g/mol. The van der Waals surface area contributed by atoms with Crippen LogP contribution in [0, 0.1) is 17.8 Å². The van der Waals surface area contributed by atoms with Gasteiger partial charge >= 0.3 is 10.4 Å². The second-order valence-electron chi connectivity index (χ2n) is 12.3. The Bertz CT molecular complexity index is 1560. The predicted molar refractivity (Wildman–Crippen MR) is 165 cm³/mol. The van der Waals surface area contributed by atoms with Gasteiger partial charge in [0.1, 0.15) is 22.8 Å². The number of carbonyl (C=O) groups is 3. The Kier molecular flexibility index (Phi) is 10.3. The molecule has 15 nitrogen and oxygen atoms in total. The number of nitrogens with zero attached hydrogens (tertiary/aromatic N) is 2. The molecule has 250 valence electrons. The van der Waals surface area contributed by atoms with E-state index >= 15 is 0 Å². The highest BCUT2D eigenvalue weighted by Gasteiger charge is 2.64. The van der Waals surface area contributed by atoms with Crippen LogP contribution in [0.4, 0.5) is 11.4 Å². The lowest BCUT2D eigenvalue weighted by molar-refractivity contribution is -0.153. The van der Waals surface area contributed by atoms with Crippen molar-refractivity contribution >= 4 is 45.0 Å². The number of phenols is 1. The van der Waals surface area contributed by atoms with Crippen LogP contribution in [0.25, 0.3) is 5.76 Å². The first-order valence-corrected chi connectivity index (χ1v) is 15.8. The van der Waals surface area contributed by atoms with Gasteiger partial charge in [-0.25, -0.2) is 0 Å². The van der Waals surface area contributed by atoms with Crippen LogP contribution in [0.5, 0.6) is 5.75 Å². The van der Waals surface area contributed by atoms with Crippen LogP contribution in [-0.2, 0) is 31.2 Å². The van der Waals surface area contributed by atoms with E-state index in [1.807, 2.05) is 0 Å². The van der Waals surface area contributed by atoms with Gasteiger partial charge in [-0.1, -0.05) is 27.2 Å². The molecule has 0 aliphatic heterocycles. The molecule has 1 fully saturated rings. The number of benzene rings is 1. The van der Waals surface area contributed by atoms with Crippen LogP contribution in [-0.4, -0.2) is 99.2 Å². The Labute approximate surface area is 261 Å². The van der Waals surface area contributed by atoms with Crippen LogP contribution >= 0.6 is 0 Å². The summed E-state index contributed by atoms with van der Waals surface area (Å²) < 4.78 is 31.6. The second kappa shape index (κ2) is 13.0. The van der Waals surface area contributed by atoms with Crippen LogP contribution in [0.15, 0.2) is 23.0 Å². The summed E-state index contributed by atoms with van der Waals surface area (Å²) in [6, 6.07) is 0.560. The minimum absolute atomic E-state index is 0.0107. The normalized spacial score (nSPS) is 24.6. The SMILES string of the molecule is CCCCN(CC(C)C)c1cc(N)c(O)c2c1CC1CC3[C@H](N(C)C)C(=O)C(C(N)=O)=C(O)[C@@]3(O)C(=O)C1=C2O.O=S(=O)(O)O. The fraction of sp³-hybridized carbons (Fsp3) is 0.552. The monoisotopic (exact) mass is 654 g/mol. The first-order chi connectivity index (χ1) is 20.7. The number of ketones is 2. The van der Waals surface area contributed by atoms with E-state index in [1.54, 1.807) is 20.2 Å². The molecule has 16 heteroatoms. The van der Waals surface area contributed by atoms with E-state index in [4.69, 9.17) is 29.0 Å². The van der Waals surface area contributed by atoms with Crippen LogP contribution in [0.2, 0.25) is 0 Å². The number of aliphatic hydroxyl groups is 3. The van der Waals surface area contributed by atoms with Crippen molar-refractivity contribution in [1.29, 1.82) is 0 Å². The summed E-state index contributed by atoms with van der Waals surface area (Å²) in [4.78, 5) is 43.1. The zero-order valence-corrected chi connectivity index (χ0v) is 26.6. The van der Waals surface area contributed by atoms with Crippen molar-refractivity contribution in [2.24, 2.45) is 23.5 Å². The highest BCUT2D eigenvalue weighted by Crippen LogP contribution is 2.54. The third kappa shape index (κ3) is 6.65. The lowest BCUT2D eigenvalue weighted by Crippen LogP contribution is -2.65. The van der Waals surface area contributed by atoms with Crippen LogP contribution < -0.4 is 16.4 Å². The molecule has 45 heavy (non-hydrogen) atoms. The number of nitrogens with two attached hydrogens (primary N) is 2. The second-order valence-corrected chi connectivity index (χ2v) is 13.2. The lowest BCUT2D eigenvalue weighted by atomic mass is 9.57. The molecule has 3 aliphatic carbocycles. The molecule has 1 amide bonds. The van der Waals surface area contributed by atoms with Gasteiger partial charge in [0.15, 0.2) is 11.4 Å². The Balaban J connectivity index is 0.00000102. The number of aliphatic hydroxyl groups excluding tert-OH is 2. The van der Waals surface area contributed by atoms with E-state index < -0.39 is 68.4 Å². The molecule has 0 heterocycles. The van der Waals surface area contributed by atoms with Gasteiger partial charge in [0.2, 0.25) is 5.78 Å². The number of Topliss-reactive ketones (excluding diaryl/α,β-unsaturated/α-hetero) is 2. The first-order valence-electron chi connectivity index (χ1n) is 14.4. The number of hydrogen-bond acceptors (Lipinski definition) is 12. The molecule has 10 N–H and O–H groups in total. The molecule has 0 radical (unpaired) electrons. The minimum atomic E-state index is -4.67. The Morgan fingerprint density at radius 1 is 1.16 bits per heavy atom. The number of hydrogen-bond donors (Lipinski definition) is 8. The highest BCUT2D eigenvalue weighted by molar-refractivity contribution is 7.79. The van der Waals surface area contributed by atoms with Gasteiger partial charge in [0.05, 0.1) is 17.3 Å². The number of nitrogen functional groups attached to an aromatic ring is 1. The molecule has 4 rings (SSSR count). The van der Waals surface area contributed by atoms with Gasteiger partial charge in [-0.05, 0) is 56.8 Å². The maximum atomic E-state index is 14.0. The number of phenolic OH excluding ortho intramolecular Hbond substituents is 1. The number of fused-ring (bicyclic) bond motifs is 3. The third-order valence-corrected chi connectivity index (χ3v) is 8.43. The van der Waals surface area contributed by atoms with Gasteiger partial charge in [0, 0.05) is 30.3 Å². The van der Waals surface area contributed by atoms with E-state index in [9.17, 15) is 34.8 Å². The van der Waals surface area contributed by atoms with Gasteiger partial charge in [-0.2, -0.15) is 8.42 Å². The lowest BCUT2D eigenvalue weighted by Gasteiger charge is -2.50. The highest BCUT2D eigenvalue weighted by atomic mass is 32.3. The fourth-order valence-electron chi connectivity index (χ4n) is 6.69. The molecule has 0 aromatic heterocycles. The summed E-state index contributed by atoms with van der Waals surface area (Å²) in [5.74, 6) is -6.57. The van der Waals surface area contributed by atoms with E-state index in [2.05, 4.69) is 25.7 Å². The topological polar surface area (TPSA) is 265 Å². The predicted octanol–water partition coefficient (Wildman–Crippen LogP) is 1.16. The Morgan fingerprint density at radius 2 is 1.73 bits per heavy atom. The number of unbranched alkanes of at least 4 members (excludes halogenated alkanes) is 1. The third-order valence-electron chi connectivity index (χ3n) is 8.43. The molecule has 0 saturated heterocycles. The quantitative estimate of drug-likeness (QED) is 0.0846. The molecule has 0 bridgehead atoms. The van der Waals surface area contributed by atoms with Crippen molar-refractivity contribution in [1.82, 2.24) is 4.90 Å². The minimum Gasteiger partial charge on any atom is -0.508 e. The van der Waals surface area contributed by atoms with E-state index in [0.717, 1.165) is 25.1 Å². The maximum absolute atomic E-state index is 14.0. The van der Waals surface area contributed by atoms with Crippen molar-refractivity contribution in [3.63, 3.8) is 0 Å². The van der Waals surface area contributed by atoms with Crippen LogP contribution in [0.3, 0.4) is 0 Å². The largest absolute Gasteiger partial charge is 0.508 e.